The van der Waals surface area contributed by atoms with Gasteiger partial charge in [0.05, 0.1) is 5.02 Å². The Labute approximate surface area is 86.7 Å². The molecular formula is C10H9Cl2F. The molecule has 13 heavy (non-hydrogen) atoms. The molecule has 2 rings (SSSR count). The van der Waals surface area contributed by atoms with E-state index in [1.807, 2.05) is 0 Å². The maximum atomic E-state index is 12.8. The van der Waals surface area contributed by atoms with E-state index in [9.17, 15) is 4.39 Å². The molecular weight excluding hydrogens is 210 g/mol. The van der Waals surface area contributed by atoms with E-state index in [1.54, 1.807) is 12.1 Å². The van der Waals surface area contributed by atoms with E-state index in [0.29, 0.717) is 17.7 Å². The fourth-order valence-electron chi connectivity index (χ4n) is 1.57. The van der Waals surface area contributed by atoms with Crippen molar-refractivity contribution in [1.82, 2.24) is 0 Å². The third kappa shape index (κ3) is 1.82. The smallest absolute Gasteiger partial charge is 0.141 e. The van der Waals surface area contributed by atoms with E-state index in [4.69, 9.17) is 23.2 Å². The van der Waals surface area contributed by atoms with Crippen molar-refractivity contribution in [2.45, 2.75) is 12.3 Å². The third-order valence-corrected chi connectivity index (χ3v) is 3.18. The normalized spacial score (nSPS) is 26.1. The predicted octanol–water partition coefficient (Wildman–Crippen LogP) is 3.82. The summed E-state index contributed by atoms with van der Waals surface area (Å²) in [6, 6.07) is 4.91. The molecule has 3 heteroatoms. The second-order valence-corrected chi connectivity index (χ2v) is 4.15. The van der Waals surface area contributed by atoms with Crippen LogP contribution in [0.1, 0.15) is 17.9 Å². The standard InChI is InChI=1S/C10H9Cl2F/c11-5-7-3-8(7)6-1-2-10(13)9(12)4-6/h1-2,4,7-8H,3,5H2. The van der Waals surface area contributed by atoms with Gasteiger partial charge in [0.25, 0.3) is 0 Å². The average Bonchev–Trinajstić information content (AvgIpc) is 2.88. The number of hydrogen-bond donors (Lipinski definition) is 0. The van der Waals surface area contributed by atoms with Crippen molar-refractivity contribution in [1.29, 1.82) is 0 Å². The highest BCUT2D eigenvalue weighted by Crippen LogP contribution is 2.48. The Morgan fingerprint density at radius 2 is 2.23 bits per heavy atom. The Bertz CT molecular complexity index is 325. The Morgan fingerprint density at radius 3 is 2.77 bits per heavy atom. The van der Waals surface area contributed by atoms with Gasteiger partial charge in [-0.3, -0.25) is 0 Å². The molecule has 1 aliphatic rings. The van der Waals surface area contributed by atoms with E-state index in [2.05, 4.69) is 0 Å². The molecule has 1 saturated carbocycles. The summed E-state index contributed by atoms with van der Waals surface area (Å²) >= 11 is 11.4. The molecule has 0 aliphatic heterocycles. The van der Waals surface area contributed by atoms with Crippen LogP contribution < -0.4 is 0 Å². The van der Waals surface area contributed by atoms with Crippen molar-refractivity contribution in [2.24, 2.45) is 5.92 Å². The minimum absolute atomic E-state index is 0.206. The van der Waals surface area contributed by atoms with Gasteiger partial charge in [0.2, 0.25) is 0 Å². The van der Waals surface area contributed by atoms with E-state index < -0.39 is 0 Å². The van der Waals surface area contributed by atoms with Gasteiger partial charge in [0.15, 0.2) is 0 Å². The van der Waals surface area contributed by atoms with E-state index >= 15 is 0 Å². The van der Waals surface area contributed by atoms with Crippen molar-refractivity contribution >= 4 is 23.2 Å². The number of benzene rings is 1. The summed E-state index contributed by atoms with van der Waals surface area (Å²) in [6.45, 7) is 0. The first kappa shape index (κ1) is 9.29. The van der Waals surface area contributed by atoms with Crippen LogP contribution in [0.15, 0.2) is 18.2 Å². The van der Waals surface area contributed by atoms with Gasteiger partial charge in [0.1, 0.15) is 5.82 Å². The quantitative estimate of drug-likeness (QED) is 0.663. The van der Waals surface area contributed by atoms with E-state index in [1.165, 1.54) is 6.07 Å². The second-order valence-electron chi connectivity index (χ2n) is 3.43. The molecule has 0 saturated heterocycles. The summed E-state index contributed by atoms with van der Waals surface area (Å²) in [5, 5.41) is 0.206. The SMILES string of the molecule is Fc1ccc(C2CC2CCl)cc1Cl. The number of rotatable bonds is 2. The lowest BCUT2D eigenvalue weighted by atomic mass is 10.1. The molecule has 1 fully saturated rings. The van der Waals surface area contributed by atoms with Gasteiger partial charge in [0, 0.05) is 5.88 Å². The number of alkyl halides is 1. The summed E-state index contributed by atoms with van der Waals surface area (Å²) in [5.74, 6) is 1.38. The van der Waals surface area contributed by atoms with Gasteiger partial charge >= 0.3 is 0 Å². The lowest BCUT2D eigenvalue weighted by Gasteiger charge is -2.00. The van der Waals surface area contributed by atoms with E-state index in [0.717, 1.165) is 12.0 Å². The zero-order valence-electron chi connectivity index (χ0n) is 6.93. The predicted molar refractivity (Wildman–Crippen MR) is 53.0 cm³/mol. The van der Waals surface area contributed by atoms with Crippen LogP contribution in [-0.4, -0.2) is 5.88 Å². The van der Waals surface area contributed by atoms with Crippen LogP contribution in [0.4, 0.5) is 4.39 Å². The van der Waals surface area contributed by atoms with Crippen molar-refractivity contribution in [3.05, 3.63) is 34.6 Å². The highest BCUT2D eigenvalue weighted by atomic mass is 35.5. The van der Waals surface area contributed by atoms with Crippen LogP contribution in [0.5, 0.6) is 0 Å². The molecule has 2 atom stereocenters. The molecule has 0 heterocycles. The summed E-state index contributed by atoms with van der Waals surface area (Å²) < 4.78 is 12.8. The molecule has 70 valence electrons. The maximum Gasteiger partial charge on any atom is 0.141 e. The first-order chi connectivity index (χ1) is 6.22. The fourth-order valence-corrected chi connectivity index (χ4v) is 2.10. The summed E-state index contributed by atoms with van der Waals surface area (Å²) in [4.78, 5) is 0. The summed E-state index contributed by atoms with van der Waals surface area (Å²) in [7, 11) is 0. The molecule has 0 amide bonds. The molecule has 0 radical (unpaired) electrons. The maximum absolute atomic E-state index is 12.8. The molecule has 0 bridgehead atoms. The van der Waals surface area contributed by atoms with E-state index in [-0.39, 0.29) is 10.8 Å². The van der Waals surface area contributed by atoms with Gasteiger partial charge in [-0.1, -0.05) is 17.7 Å². The average molecular weight is 219 g/mol. The van der Waals surface area contributed by atoms with Crippen LogP contribution in [0.3, 0.4) is 0 Å². The lowest BCUT2D eigenvalue weighted by Crippen LogP contribution is -1.86. The molecule has 0 N–H and O–H groups in total. The zero-order chi connectivity index (χ0) is 9.42. The van der Waals surface area contributed by atoms with Gasteiger partial charge in [-0.25, -0.2) is 4.39 Å². The minimum Gasteiger partial charge on any atom is -0.205 e. The second kappa shape index (κ2) is 3.47. The van der Waals surface area contributed by atoms with Gasteiger partial charge in [-0.2, -0.15) is 0 Å². The van der Waals surface area contributed by atoms with Gasteiger partial charge in [-0.05, 0) is 36.0 Å². The van der Waals surface area contributed by atoms with Crippen LogP contribution in [0.2, 0.25) is 5.02 Å². The number of halogens is 3. The molecule has 0 nitrogen and oxygen atoms in total. The molecule has 1 aromatic carbocycles. The molecule has 0 spiro atoms. The monoisotopic (exact) mass is 218 g/mol. The van der Waals surface area contributed by atoms with Crippen LogP contribution in [-0.2, 0) is 0 Å². The van der Waals surface area contributed by atoms with Crippen molar-refractivity contribution in [3.63, 3.8) is 0 Å². The zero-order valence-corrected chi connectivity index (χ0v) is 8.45. The Kier molecular flexibility index (Phi) is 2.48. The van der Waals surface area contributed by atoms with Crippen LogP contribution in [0, 0.1) is 11.7 Å². The largest absolute Gasteiger partial charge is 0.205 e. The lowest BCUT2D eigenvalue weighted by molar-refractivity contribution is 0.627. The number of hydrogen-bond acceptors (Lipinski definition) is 0. The Balaban J connectivity index is 2.19. The highest BCUT2D eigenvalue weighted by molar-refractivity contribution is 6.30. The topological polar surface area (TPSA) is 0 Å². The molecule has 2 unspecified atom stereocenters. The first-order valence-electron chi connectivity index (χ1n) is 4.23. The van der Waals surface area contributed by atoms with Crippen LogP contribution in [0.25, 0.3) is 0 Å². The first-order valence-corrected chi connectivity index (χ1v) is 5.14. The summed E-state index contributed by atoms with van der Waals surface area (Å²) in [5.41, 5.74) is 1.11. The fraction of sp³-hybridized carbons (Fsp3) is 0.400. The summed E-state index contributed by atoms with van der Waals surface area (Å²) in [6.07, 6.45) is 1.10. The third-order valence-electron chi connectivity index (χ3n) is 2.49. The van der Waals surface area contributed by atoms with Gasteiger partial charge in [-0.15, -0.1) is 11.6 Å². The Morgan fingerprint density at radius 1 is 1.46 bits per heavy atom. The van der Waals surface area contributed by atoms with Crippen molar-refractivity contribution in [2.75, 3.05) is 5.88 Å². The van der Waals surface area contributed by atoms with Crippen molar-refractivity contribution < 1.29 is 4.39 Å². The Hall–Kier alpha value is -0.270. The molecule has 1 aromatic rings. The van der Waals surface area contributed by atoms with Crippen molar-refractivity contribution in [3.8, 4) is 0 Å². The highest BCUT2D eigenvalue weighted by Gasteiger charge is 2.37. The van der Waals surface area contributed by atoms with Gasteiger partial charge < -0.3 is 0 Å². The minimum atomic E-state index is -0.353. The van der Waals surface area contributed by atoms with Crippen LogP contribution >= 0.6 is 23.2 Å². The molecule has 1 aliphatic carbocycles. The molecule has 0 aromatic heterocycles.